The fourth-order valence-corrected chi connectivity index (χ4v) is 5.21. The lowest BCUT2D eigenvalue weighted by molar-refractivity contribution is -0.133. The quantitative estimate of drug-likeness (QED) is 0.491. The molecule has 1 aliphatic heterocycles. The Bertz CT molecular complexity index is 1130. The Labute approximate surface area is 200 Å². The van der Waals surface area contributed by atoms with Crippen LogP contribution in [0, 0.1) is 11.3 Å². The SMILES string of the molecule is CCC1CN(c2nc(C(C)C)c(-c3ccccc3)cc2C#N)CCN1C(=O)Cc1cccs1. The molecule has 3 aromatic rings. The van der Waals surface area contributed by atoms with Crippen LogP contribution in [0.25, 0.3) is 11.1 Å². The molecule has 0 bridgehead atoms. The predicted molar refractivity (Wildman–Crippen MR) is 135 cm³/mol. The summed E-state index contributed by atoms with van der Waals surface area (Å²) >= 11 is 1.63. The predicted octanol–water partition coefficient (Wildman–Crippen LogP) is 5.48. The van der Waals surface area contributed by atoms with Gasteiger partial charge in [0.1, 0.15) is 11.9 Å². The van der Waals surface area contributed by atoms with Crippen molar-refractivity contribution in [2.24, 2.45) is 0 Å². The number of hydrogen-bond donors (Lipinski definition) is 0. The second-order valence-electron chi connectivity index (χ2n) is 8.78. The third-order valence-corrected chi connectivity index (χ3v) is 7.14. The maximum atomic E-state index is 13.0. The molecule has 170 valence electrons. The van der Waals surface area contributed by atoms with Crippen LogP contribution in [0.15, 0.2) is 53.9 Å². The number of nitrogens with zero attached hydrogens (tertiary/aromatic N) is 4. The van der Waals surface area contributed by atoms with E-state index in [0.717, 1.165) is 33.9 Å². The van der Waals surface area contributed by atoms with Crippen LogP contribution in [0.2, 0.25) is 0 Å². The molecule has 0 spiro atoms. The van der Waals surface area contributed by atoms with E-state index in [4.69, 9.17) is 4.98 Å². The Balaban J connectivity index is 1.62. The topological polar surface area (TPSA) is 60.2 Å². The Morgan fingerprint density at radius 3 is 2.64 bits per heavy atom. The van der Waals surface area contributed by atoms with E-state index in [1.165, 1.54) is 0 Å². The van der Waals surface area contributed by atoms with Crippen LogP contribution in [0.5, 0.6) is 0 Å². The molecule has 0 N–H and O–H groups in total. The van der Waals surface area contributed by atoms with E-state index < -0.39 is 0 Å². The van der Waals surface area contributed by atoms with Crippen molar-refractivity contribution in [3.05, 3.63) is 70.0 Å². The van der Waals surface area contributed by atoms with E-state index in [-0.39, 0.29) is 17.9 Å². The Morgan fingerprint density at radius 2 is 2.00 bits per heavy atom. The van der Waals surface area contributed by atoms with Gasteiger partial charge in [0, 0.05) is 36.1 Å². The first-order valence-corrected chi connectivity index (χ1v) is 12.5. The van der Waals surface area contributed by atoms with Crippen molar-refractivity contribution in [3.8, 4) is 17.2 Å². The zero-order valence-electron chi connectivity index (χ0n) is 19.5. The molecule has 2 aromatic heterocycles. The third-order valence-electron chi connectivity index (χ3n) is 6.26. The highest BCUT2D eigenvalue weighted by Gasteiger charge is 2.31. The molecular weight excluding hydrogens is 428 g/mol. The van der Waals surface area contributed by atoms with Gasteiger partial charge in [-0.25, -0.2) is 4.98 Å². The Morgan fingerprint density at radius 1 is 1.21 bits per heavy atom. The van der Waals surface area contributed by atoms with Crippen molar-refractivity contribution in [2.75, 3.05) is 24.5 Å². The first-order chi connectivity index (χ1) is 16.0. The third kappa shape index (κ3) is 4.94. The van der Waals surface area contributed by atoms with Crippen molar-refractivity contribution < 1.29 is 4.79 Å². The molecule has 5 nitrogen and oxygen atoms in total. The van der Waals surface area contributed by atoms with Crippen molar-refractivity contribution >= 4 is 23.1 Å². The van der Waals surface area contributed by atoms with Gasteiger partial charge in [-0.05, 0) is 35.4 Å². The van der Waals surface area contributed by atoms with Gasteiger partial charge in [0.25, 0.3) is 0 Å². The minimum Gasteiger partial charge on any atom is -0.352 e. The summed E-state index contributed by atoms with van der Waals surface area (Å²) in [5.41, 5.74) is 3.68. The summed E-state index contributed by atoms with van der Waals surface area (Å²) in [6.07, 6.45) is 1.33. The number of rotatable bonds is 6. The number of thiophene rings is 1. The maximum Gasteiger partial charge on any atom is 0.228 e. The average Bonchev–Trinajstić information content (AvgIpc) is 3.36. The van der Waals surface area contributed by atoms with Gasteiger partial charge in [0.2, 0.25) is 5.91 Å². The van der Waals surface area contributed by atoms with Crippen molar-refractivity contribution in [3.63, 3.8) is 0 Å². The molecule has 1 aromatic carbocycles. The molecule has 6 heteroatoms. The largest absolute Gasteiger partial charge is 0.352 e. The summed E-state index contributed by atoms with van der Waals surface area (Å²) in [5.74, 6) is 1.15. The Hall–Kier alpha value is -3.17. The van der Waals surface area contributed by atoms with E-state index in [1.807, 2.05) is 46.7 Å². The number of anilines is 1. The summed E-state index contributed by atoms with van der Waals surface area (Å²) in [6.45, 7) is 8.41. The van der Waals surface area contributed by atoms with Gasteiger partial charge in [-0.3, -0.25) is 4.79 Å². The first kappa shape index (κ1) is 23.0. The molecule has 1 saturated heterocycles. The summed E-state index contributed by atoms with van der Waals surface area (Å²) in [6, 6.07) is 18.6. The number of amides is 1. The Kier molecular flexibility index (Phi) is 7.10. The standard InChI is InChI=1S/C27H30N4OS/c1-4-22-18-30(12-13-31(22)25(32)16-23-11-8-14-33-23)27-21(17-28)15-24(26(29-27)19(2)3)20-9-6-5-7-10-20/h5-11,14-15,19,22H,4,12-13,16,18H2,1-3H3. The molecule has 4 rings (SSSR count). The molecule has 1 fully saturated rings. The van der Waals surface area contributed by atoms with Crippen LogP contribution in [-0.4, -0.2) is 41.5 Å². The first-order valence-electron chi connectivity index (χ1n) is 11.6. The normalized spacial score (nSPS) is 16.2. The summed E-state index contributed by atoms with van der Waals surface area (Å²) in [7, 11) is 0. The second-order valence-corrected chi connectivity index (χ2v) is 9.81. The highest BCUT2D eigenvalue weighted by atomic mass is 32.1. The smallest absolute Gasteiger partial charge is 0.228 e. The number of pyridine rings is 1. The zero-order valence-corrected chi connectivity index (χ0v) is 20.3. The van der Waals surface area contributed by atoms with E-state index in [9.17, 15) is 10.1 Å². The molecule has 1 atom stereocenters. The van der Waals surface area contributed by atoms with Crippen LogP contribution in [0.3, 0.4) is 0 Å². The molecule has 33 heavy (non-hydrogen) atoms. The van der Waals surface area contributed by atoms with Crippen molar-refractivity contribution in [1.82, 2.24) is 9.88 Å². The van der Waals surface area contributed by atoms with Gasteiger partial charge in [-0.15, -0.1) is 11.3 Å². The average molecular weight is 459 g/mol. The minimum atomic E-state index is 0.107. The molecular formula is C27H30N4OS. The number of benzene rings is 1. The highest BCUT2D eigenvalue weighted by Crippen LogP contribution is 2.33. The van der Waals surface area contributed by atoms with Crippen molar-refractivity contribution in [1.29, 1.82) is 5.26 Å². The number of carbonyl (C=O) groups excluding carboxylic acids is 1. The zero-order chi connectivity index (χ0) is 23.4. The lowest BCUT2D eigenvalue weighted by Crippen LogP contribution is -2.55. The van der Waals surface area contributed by atoms with E-state index in [0.29, 0.717) is 31.6 Å². The second kappa shape index (κ2) is 10.2. The summed E-state index contributed by atoms with van der Waals surface area (Å²) in [5, 5.41) is 12.0. The number of nitriles is 1. The number of aromatic nitrogens is 1. The molecule has 0 aliphatic carbocycles. The van der Waals surface area contributed by atoms with Crippen LogP contribution in [0.1, 0.15) is 49.2 Å². The van der Waals surface area contributed by atoms with Gasteiger partial charge in [-0.1, -0.05) is 57.2 Å². The molecule has 0 saturated carbocycles. The highest BCUT2D eigenvalue weighted by molar-refractivity contribution is 7.10. The number of carbonyl (C=O) groups is 1. The molecule has 0 radical (unpaired) electrons. The van der Waals surface area contributed by atoms with E-state index >= 15 is 0 Å². The number of hydrogen-bond acceptors (Lipinski definition) is 5. The molecule has 1 unspecified atom stereocenters. The van der Waals surface area contributed by atoms with Crippen LogP contribution >= 0.6 is 11.3 Å². The molecule has 1 amide bonds. The fraction of sp³-hybridized carbons (Fsp3) is 0.370. The fourth-order valence-electron chi connectivity index (χ4n) is 4.52. The van der Waals surface area contributed by atoms with Crippen molar-refractivity contribution in [2.45, 2.75) is 45.6 Å². The van der Waals surface area contributed by atoms with Gasteiger partial charge in [0.05, 0.1) is 17.7 Å². The van der Waals surface area contributed by atoms with Gasteiger partial charge >= 0.3 is 0 Å². The van der Waals surface area contributed by atoms with Crippen LogP contribution < -0.4 is 4.90 Å². The van der Waals surface area contributed by atoms with Gasteiger partial charge in [0.15, 0.2) is 0 Å². The summed E-state index contributed by atoms with van der Waals surface area (Å²) in [4.78, 5) is 23.4. The van der Waals surface area contributed by atoms with E-state index in [1.54, 1.807) is 11.3 Å². The summed E-state index contributed by atoms with van der Waals surface area (Å²) < 4.78 is 0. The van der Waals surface area contributed by atoms with Crippen LogP contribution in [0.4, 0.5) is 5.82 Å². The monoisotopic (exact) mass is 458 g/mol. The molecule has 1 aliphatic rings. The maximum absolute atomic E-state index is 13.0. The number of piperazine rings is 1. The van der Waals surface area contributed by atoms with Crippen LogP contribution in [-0.2, 0) is 11.2 Å². The lowest BCUT2D eigenvalue weighted by Gasteiger charge is -2.42. The van der Waals surface area contributed by atoms with Gasteiger partial charge < -0.3 is 9.80 Å². The molecule has 3 heterocycles. The van der Waals surface area contributed by atoms with Gasteiger partial charge in [-0.2, -0.15) is 5.26 Å². The lowest BCUT2D eigenvalue weighted by atomic mass is 9.95. The minimum absolute atomic E-state index is 0.107. The van der Waals surface area contributed by atoms with E-state index in [2.05, 4.69) is 43.9 Å².